The molecule has 0 aliphatic carbocycles. The fourth-order valence-corrected chi connectivity index (χ4v) is 4.34. The molecule has 11 heteroatoms. The van der Waals surface area contributed by atoms with Crippen LogP contribution in [0.2, 0.25) is 5.02 Å². The van der Waals surface area contributed by atoms with Gasteiger partial charge in [-0.2, -0.15) is 15.6 Å². The lowest BCUT2D eigenvalue weighted by molar-refractivity contribution is 0.281. The molecule has 2 unspecified atom stereocenters. The monoisotopic (exact) mass is 541 g/mol. The van der Waals surface area contributed by atoms with E-state index in [2.05, 4.69) is 32.3 Å². The number of aliphatic hydroxyl groups is 2. The standard InChI is InChI=1S/C28H24ClN7O3/c29-24-15-20(36(11-13-37)12-14-38)9-10-26(24)35-34-19-7-5-18(6-8-19)22(16-30)23(17-31)27-32-25-4-2-1-3-21(25)28(39)33-27/h1-10,15,22-23,37-38H,11-14H2,(H,32,33,39). The summed E-state index contributed by atoms with van der Waals surface area (Å²) in [5.41, 5.74) is 2.32. The van der Waals surface area contributed by atoms with Gasteiger partial charge in [0.1, 0.15) is 17.4 Å². The van der Waals surface area contributed by atoms with Gasteiger partial charge in [-0.05, 0) is 48.0 Å². The predicted octanol–water partition coefficient (Wildman–Crippen LogP) is 4.70. The first-order chi connectivity index (χ1) is 19.0. The maximum absolute atomic E-state index is 12.5. The topological polar surface area (TPSA) is 162 Å². The van der Waals surface area contributed by atoms with Gasteiger partial charge in [-0.3, -0.25) is 4.79 Å². The van der Waals surface area contributed by atoms with Gasteiger partial charge in [0, 0.05) is 18.8 Å². The van der Waals surface area contributed by atoms with Crippen LogP contribution in [0.4, 0.5) is 17.1 Å². The molecule has 2 atom stereocenters. The minimum absolute atomic E-state index is 0.0620. The Morgan fingerprint density at radius 3 is 2.28 bits per heavy atom. The van der Waals surface area contributed by atoms with Gasteiger partial charge in [0.25, 0.3) is 5.56 Å². The van der Waals surface area contributed by atoms with Crippen molar-refractivity contribution in [1.29, 1.82) is 10.5 Å². The van der Waals surface area contributed by atoms with Crippen LogP contribution in [0.25, 0.3) is 10.9 Å². The second-order valence-corrected chi connectivity index (χ2v) is 8.95. The summed E-state index contributed by atoms with van der Waals surface area (Å²) >= 11 is 6.38. The quantitative estimate of drug-likeness (QED) is 0.245. The fraction of sp³-hybridized carbons (Fsp3) is 0.214. The fourth-order valence-electron chi connectivity index (χ4n) is 4.13. The Kier molecular flexibility index (Phi) is 8.97. The third kappa shape index (κ3) is 6.28. The van der Waals surface area contributed by atoms with Crippen molar-refractivity contribution >= 4 is 39.6 Å². The zero-order valence-electron chi connectivity index (χ0n) is 20.7. The molecule has 0 bridgehead atoms. The van der Waals surface area contributed by atoms with Gasteiger partial charge in [0.2, 0.25) is 0 Å². The summed E-state index contributed by atoms with van der Waals surface area (Å²) in [6.45, 7) is 0.585. The largest absolute Gasteiger partial charge is 0.395 e. The van der Waals surface area contributed by atoms with E-state index in [0.717, 1.165) is 5.69 Å². The highest BCUT2D eigenvalue weighted by Crippen LogP contribution is 2.33. The van der Waals surface area contributed by atoms with Crippen LogP contribution in [-0.4, -0.2) is 46.5 Å². The summed E-state index contributed by atoms with van der Waals surface area (Å²) in [6, 6.07) is 22.9. The zero-order chi connectivity index (χ0) is 27.8. The van der Waals surface area contributed by atoms with Gasteiger partial charge in [-0.15, -0.1) is 5.11 Å². The third-order valence-corrected chi connectivity index (χ3v) is 6.40. The van der Waals surface area contributed by atoms with Gasteiger partial charge >= 0.3 is 0 Å². The number of aliphatic hydroxyl groups excluding tert-OH is 2. The number of nitriles is 2. The van der Waals surface area contributed by atoms with E-state index < -0.39 is 11.8 Å². The number of para-hydroxylation sites is 1. The van der Waals surface area contributed by atoms with Gasteiger partial charge in [-0.25, -0.2) is 4.98 Å². The first-order valence-corrected chi connectivity index (χ1v) is 12.4. The molecule has 3 N–H and O–H groups in total. The number of halogens is 1. The molecule has 39 heavy (non-hydrogen) atoms. The van der Waals surface area contributed by atoms with E-state index in [0.29, 0.717) is 46.0 Å². The van der Waals surface area contributed by atoms with Crippen LogP contribution in [-0.2, 0) is 0 Å². The number of nitrogens with one attached hydrogen (secondary N) is 1. The number of hydrogen-bond donors (Lipinski definition) is 3. The molecule has 0 aliphatic heterocycles. The van der Waals surface area contributed by atoms with Crippen molar-refractivity contribution in [3.63, 3.8) is 0 Å². The molecule has 0 aliphatic rings. The number of aromatic nitrogens is 2. The average Bonchev–Trinajstić information content (AvgIpc) is 2.95. The summed E-state index contributed by atoms with van der Waals surface area (Å²) in [4.78, 5) is 21.4. The van der Waals surface area contributed by atoms with Crippen LogP contribution >= 0.6 is 11.6 Å². The van der Waals surface area contributed by atoms with Crippen LogP contribution in [0, 0.1) is 22.7 Å². The average molecular weight is 542 g/mol. The molecule has 196 valence electrons. The Hall–Kier alpha value is -4.61. The Morgan fingerprint density at radius 1 is 0.949 bits per heavy atom. The molecule has 3 aromatic carbocycles. The number of benzene rings is 3. The number of aromatic amines is 1. The summed E-state index contributed by atoms with van der Waals surface area (Å²) < 4.78 is 0. The van der Waals surface area contributed by atoms with E-state index in [1.165, 1.54) is 0 Å². The van der Waals surface area contributed by atoms with Crippen molar-refractivity contribution < 1.29 is 10.2 Å². The van der Waals surface area contributed by atoms with Crippen LogP contribution in [0.5, 0.6) is 0 Å². The number of azo groups is 1. The molecular weight excluding hydrogens is 518 g/mol. The molecule has 0 radical (unpaired) electrons. The van der Waals surface area contributed by atoms with Crippen molar-refractivity contribution in [2.24, 2.45) is 10.2 Å². The number of nitrogens with zero attached hydrogens (tertiary/aromatic N) is 6. The van der Waals surface area contributed by atoms with E-state index in [1.54, 1.807) is 71.6 Å². The number of fused-ring (bicyclic) bond motifs is 1. The highest BCUT2D eigenvalue weighted by Gasteiger charge is 2.27. The first kappa shape index (κ1) is 27.4. The maximum Gasteiger partial charge on any atom is 0.258 e. The molecule has 0 fully saturated rings. The van der Waals surface area contributed by atoms with Crippen LogP contribution in [0.1, 0.15) is 23.2 Å². The molecule has 1 aromatic heterocycles. The number of H-pyrrole nitrogens is 1. The minimum Gasteiger partial charge on any atom is -0.395 e. The van der Waals surface area contributed by atoms with Gasteiger partial charge < -0.3 is 20.1 Å². The highest BCUT2D eigenvalue weighted by molar-refractivity contribution is 6.33. The first-order valence-electron chi connectivity index (χ1n) is 12.0. The van der Waals surface area contributed by atoms with Gasteiger partial charge in [-0.1, -0.05) is 35.9 Å². The molecular formula is C28H24ClN7O3. The van der Waals surface area contributed by atoms with Crippen LogP contribution < -0.4 is 10.5 Å². The Bertz CT molecular complexity index is 1620. The zero-order valence-corrected chi connectivity index (χ0v) is 21.5. The number of anilines is 1. The van der Waals surface area contributed by atoms with E-state index in [-0.39, 0.29) is 24.6 Å². The Morgan fingerprint density at radius 2 is 1.64 bits per heavy atom. The van der Waals surface area contributed by atoms with Crippen molar-refractivity contribution in [2.45, 2.75) is 11.8 Å². The van der Waals surface area contributed by atoms with Gasteiger partial charge in [0.15, 0.2) is 0 Å². The van der Waals surface area contributed by atoms with Crippen molar-refractivity contribution in [3.05, 3.63) is 93.5 Å². The minimum atomic E-state index is -0.992. The maximum atomic E-state index is 12.5. The van der Waals surface area contributed by atoms with Crippen molar-refractivity contribution in [2.75, 3.05) is 31.2 Å². The molecule has 10 nitrogen and oxygen atoms in total. The summed E-state index contributed by atoms with van der Waals surface area (Å²) in [7, 11) is 0. The molecule has 4 aromatic rings. The SMILES string of the molecule is N#CC(c1ccc(N=Nc2ccc(N(CCO)CCO)cc2Cl)cc1)C(C#N)c1nc2ccccc2c(=O)[nH]1. The third-order valence-electron chi connectivity index (χ3n) is 6.10. The van der Waals surface area contributed by atoms with E-state index >= 15 is 0 Å². The number of rotatable bonds is 10. The molecule has 0 saturated carbocycles. The predicted molar refractivity (Wildman–Crippen MR) is 148 cm³/mol. The van der Waals surface area contributed by atoms with Crippen LogP contribution in [0.3, 0.4) is 0 Å². The van der Waals surface area contributed by atoms with Crippen molar-refractivity contribution in [1.82, 2.24) is 9.97 Å². The summed E-state index contributed by atoms with van der Waals surface area (Å²) in [5.74, 6) is -1.74. The molecule has 0 saturated heterocycles. The van der Waals surface area contributed by atoms with Gasteiger partial charge in [0.05, 0.1) is 52.9 Å². The smallest absolute Gasteiger partial charge is 0.258 e. The van der Waals surface area contributed by atoms with E-state index in [9.17, 15) is 25.5 Å². The lowest BCUT2D eigenvalue weighted by atomic mass is 9.87. The second-order valence-electron chi connectivity index (χ2n) is 8.54. The van der Waals surface area contributed by atoms with Crippen LogP contribution in [0.15, 0.2) is 81.8 Å². The molecule has 0 spiro atoms. The van der Waals surface area contributed by atoms with E-state index in [1.807, 2.05) is 0 Å². The summed E-state index contributed by atoms with van der Waals surface area (Å²) in [6.07, 6.45) is 0. The molecule has 1 heterocycles. The van der Waals surface area contributed by atoms with E-state index in [4.69, 9.17) is 11.6 Å². The normalized spacial score (nSPS) is 12.6. The Labute approximate surface area is 229 Å². The second kappa shape index (κ2) is 12.8. The number of hydrogen-bond acceptors (Lipinski definition) is 9. The highest BCUT2D eigenvalue weighted by atomic mass is 35.5. The summed E-state index contributed by atoms with van der Waals surface area (Å²) in [5, 5.41) is 47.4. The Balaban J connectivity index is 1.54. The lowest BCUT2D eigenvalue weighted by Crippen LogP contribution is -2.29. The molecule has 4 rings (SSSR count). The van der Waals surface area contributed by atoms with Crippen molar-refractivity contribution in [3.8, 4) is 12.1 Å². The lowest BCUT2D eigenvalue weighted by Gasteiger charge is -2.23. The molecule has 0 amide bonds.